The normalized spacial score (nSPS) is 20.4. The Morgan fingerprint density at radius 1 is 1.35 bits per heavy atom. The van der Waals surface area contributed by atoms with Crippen LogP contribution in [0.2, 0.25) is 0 Å². The fourth-order valence-corrected chi connectivity index (χ4v) is 4.85. The molecular weight excluding hydrogens is 276 g/mol. The van der Waals surface area contributed by atoms with E-state index in [2.05, 4.69) is 0 Å². The molecule has 0 spiro atoms. The van der Waals surface area contributed by atoms with E-state index in [0.717, 1.165) is 6.42 Å². The van der Waals surface area contributed by atoms with Crippen molar-refractivity contribution >= 4 is 15.7 Å². The number of methoxy groups -OCH3 is 1. The van der Waals surface area contributed by atoms with Crippen LogP contribution in [0.4, 0.5) is 5.69 Å². The minimum atomic E-state index is -3.45. The van der Waals surface area contributed by atoms with Crippen LogP contribution < -0.4 is 5.73 Å². The van der Waals surface area contributed by atoms with E-state index < -0.39 is 10.0 Å². The van der Waals surface area contributed by atoms with Crippen molar-refractivity contribution in [3.8, 4) is 0 Å². The van der Waals surface area contributed by atoms with Gasteiger partial charge in [-0.2, -0.15) is 4.31 Å². The lowest BCUT2D eigenvalue weighted by Crippen LogP contribution is -2.30. The molecule has 0 radical (unpaired) electrons. The van der Waals surface area contributed by atoms with Crippen molar-refractivity contribution in [1.82, 2.24) is 4.31 Å². The summed E-state index contributed by atoms with van der Waals surface area (Å²) in [5.74, 6) is 0.282. The third-order valence-electron chi connectivity index (χ3n) is 3.73. The van der Waals surface area contributed by atoms with Crippen LogP contribution in [0.1, 0.15) is 17.5 Å². The maximum absolute atomic E-state index is 12.8. The summed E-state index contributed by atoms with van der Waals surface area (Å²) in [4.78, 5) is 0.393. The Bertz CT molecular complexity index is 575. The van der Waals surface area contributed by atoms with Crippen molar-refractivity contribution < 1.29 is 13.2 Å². The van der Waals surface area contributed by atoms with Gasteiger partial charge in [-0.25, -0.2) is 8.42 Å². The van der Waals surface area contributed by atoms with Gasteiger partial charge in [0, 0.05) is 25.9 Å². The van der Waals surface area contributed by atoms with E-state index in [1.165, 1.54) is 0 Å². The predicted molar refractivity (Wildman–Crippen MR) is 79.1 cm³/mol. The molecule has 1 aromatic carbocycles. The van der Waals surface area contributed by atoms with Crippen LogP contribution >= 0.6 is 0 Å². The van der Waals surface area contributed by atoms with Crippen molar-refractivity contribution in [2.75, 3.05) is 32.5 Å². The number of hydrogen-bond donors (Lipinski definition) is 1. The number of nitrogens with zero attached hydrogens (tertiary/aromatic N) is 1. The molecule has 5 nitrogen and oxygen atoms in total. The van der Waals surface area contributed by atoms with E-state index >= 15 is 0 Å². The second-order valence-corrected chi connectivity index (χ2v) is 7.33. The topological polar surface area (TPSA) is 72.6 Å². The molecule has 0 saturated carbocycles. The number of nitrogens with two attached hydrogens (primary N) is 1. The molecule has 1 atom stereocenters. The summed E-state index contributed by atoms with van der Waals surface area (Å²) < 4.78 is 32.2. The second kappa shape index (κ2) is 5.71. The van der Waals surface area contributed by atoms with Crippen LogP contribution in [0.25, 0.3) is 0 Å². The zero-order valence-electron chi connectivity index (χ0n) is 12.2. The summed E-state index contributed by atoms with van der Waals surface area (Å²) >= 11 is 0. The van der Waals surface area contributed by atoms with Crippen molar-refractivity contribution in [1.29, 1.82) is 0 Å². The van der Waals surface area contributed by atoms with Gasteiger partial charge in [-0.3, -0.25) is 0 Å². The van der Waals surface area contributed by atoms with Gasteiger partial charge in [-0.1, -0.05) is 0 Å². The summed E-state index contributed by atoms with van der Waals surface area (Å²) in [5, 5.41) is 0. The highest BCUT2D eigenvalue weighted by molar-refractivity contribution is 7.89. The van der Waals surface area contributed by atoms with E-state index in [9.17, 15) is 8.42 Å². The summed E-state index contributed by atoms with van der Waals surface area (Å²) in [6, 6.07) is 3.42. The molecule has 1 unspecified atom stereocenters. The third-order valence-corrected chi connectivity index (χ3v) is 5.90. The van der Waals surface area contributed by atoms with Crippen molar-refractivity contribution in [2.24, 2.45) is 5.92 Å². The molecular formula is C14H22N2O3S. The zero-order chi connectivity index (χ0) is 14.9. The van der Waals surface area contributed by atoms with Crippen LogP contribution in [-0.4, -0.2) is 39.5 Å². The molecule has 1 heterocycles. The number of hydrogen-bond acceptors (Lipinski definition) is 4. The van der Waals surface area contributed by atoms with Gasteiger partial charge in [0.05, 0.1) is 11.5 Å². The molecule has 1 saturated heterocycles. The van der Waals surface area contributed by atoms with Crippen LogP contribution in [0.3, 0.4) is 0 Å². The maximum atomic E-state index is 12.8. The van der Waals surface area contributed by atoms with E-state index in [4.69, 9.17) is 10.5 Å². The lowest BCUT2D eigenvalue weighted by atomic mass is 10.1. The molecule has 0 aliphatic carbocycles. The summed E-state index contributed by atoms with van der Waals surface area (Å²) in [7, 11) is -1.80. The van der Waals surface area contributed by atoms with Crippen LogP contribution in [0, 0.1) is 19.8 Å². The van der Waals surface area contributed by atoms with E-state index in [-0.39, 0.29) is 5.92 Å². The molecule has 1 aliphatic heterocycles. The van der Waals surface area contributed by atoms with E-state index in [1.54, 1.807) is 37.4 Å². The Balaban J connectivity index is 2.33. The lowest BCUT2D eigenvalue weighted by Gasteiger charge is -2.20. The molecule has 1 aliphatic rings. The summed E-state index contributed by atoms with van der Waals surface area (Å²) in [6.45, 7) is 5.27. The highest BCUT2D eigenvalue weighted by Gasteiger charge is 2.34. The highest BCUT2D eigenvalue weighted by atomic mass is 32.2. The largest absolute Gasteiger partial charge is 0.399 e. The van der Waals surface area contributed by atoms with Gasteiger partial charge in [0.2, 0.25) is 10.0 Å². The highest BCUT2D eigenvalue weighted by Crippen LogP contribution is 2.29. The lowest BCUT2D eigenvalue weighted by molar-refractivity contribution is 0.157. The standard InChI is InChI=1S/C14H22N2O3S/c1-10-6-13(15)7-11(2)14(10)20(17,18)16-5-4-12(8-16)9-19-3/h6-7,12H,4-5,8-9,15H2,1-3H3. The minimum Gasteiger partial charge on any atom is -0.399 e. The Labute approximate surface area is 120 Å². The smallest absolute Gasteiger partial charge is 0.243 e. The molecule has 2 rings (SSSR count). The average molecular weight is 298 g/mol. The van der Waals surface area contributed by atoms with Gasteiger partial charge < -0.3 is 10.5 Å². The molecule has 0 bridgehead atoms. The first kappa shape index (κ1) is 15.3. The third kappa shape index (κ3) is 2.82. The molecule has 6 heteroatoms. The molecule has 112 valence electrons. The van der Waals surface area contributed by atoms with Crippen LogP contribution in [0.15, 0.2) is 17.0 Å². The van der Waals surface area contributed by atoms with Crippen LogP contribution in [0.5, 0.6) is 0 Å². The van der Waals surface area contributed by atoms with Crippen molar-refractivity contribution in [3.63, 3.8) is 0 Å². The first-order valence-corrected chi connectivity index (χ1v) is 8.16. The van der Waals surface area contributed by atoms with Gasteiger partial charge in [0.15, 0.2) is 0 Å². The quantitative estimate of drug-likeness (QED) is 0.856. The zero-order valence-corrected chi connectivity index (χ0v) is 13.0. The number of ether oxygens (including phenoxy) is 1. The van der Waals surface area contributed by atoms with Gasteiger partial charge >= 0.3 is 0 Å². The van der Waals surface area contributed by atoms with Gasteiger partial charge in [0.25, 0.3) is 0 Å². The molecule has 20 heavy (non-hydrogen) atoms. The monoisotopic (exact) mass is 298 g/mol. The molecule has 0 amide bonds. The van der Waals surface area contributed by atoms with Gasteiger partial charge in [-0.15, -0.1) is 0 Å². The Hall–Kier alpha value is -1.11. The number of aryl methyl sites for hydroxylation is 2. The van der Waals surface area contributed by atoms with E-state index in [1.807, 2.05) is 0 Å². The first-order valence-electron chi connectivity index (χ1n) is 6.72. The minimum absolute atomic E-state index is 0.282. The molecule has 2 N–H and O–H groups in total. The first-order chi connectivity index (χ1) is 9.36. The maximum Gasteiger partial charge on any atom is 0.243 e. The van der Waals surface area contributed by atoms with E-state index in [0.29, 0.717) is 41.4 Å². The van der Waals surface area contributed by atoms with Crippen molar-refractivity contribution in [2.45, 2.75) is 25.2 Å². The van der Waals surface area contributed by atoms with Gasteiger partial charge in [0.1, 0.15) is 0 Å². The molecule has 0 aromatic heterocycles. The number of anilines is 1. The number of rotatable bonds is 4. The summed E-state index contributed by atoms with van der Waals surface area (Å²) in [6.07, 6.45) is 0.847. The van der Waals surface area contributed by atoms with Crippen molar-refractivity contribution in [3.05, 3.63) is 23.3 Å². The number of benzene rings is 1. The second-order valence-electron chi connectivity index (χ2n) is 5.46. The predicted octanol–water partition coefficient (Wildman–Crippen LogP) is 1.54. The number of nitrogen functional groups attached to an aromatic ring is 1. The number of sulfonamides is 1. The summed E-state index contributed by atoms with van der Waals surface area (Å²) in [5.41, 5.74) is 7.77. The fraction of sp³-hybridized carbons (Fsp3) is 0.571. The Kier molecular flexibility index (Phi) is 4.36. The SMILES string of the molecule is COCC1CCN(S(=O)(=O)c2c(C)cc(N)cc2C)C1. The molecule has 1 fully saturated rings. The average Bonchev–Trinajstić information content (AvgIpc) is 2.76. The fourth-order valence-electron chi connectivity index (χ4n) is 2.91. The molecule has 1 aromatic rings. The van der Waals surface area contributed by atoms with Gasteiger partial charge in [-0.05, 0) is 49.4 Å². The van der Waals surface area contributed by atoms with Crippen LogP contribution in [-0.2, 0) is 14.8 Å². The Morgan fingerprint density at radius 2 is 1.95 bits per heavy atom. The Morgan fingerprint density at radius 3 is 2.50 bits per heavy atom.